The molecule has 0 radical (unpaired) electrons. The van der Waals surface area contributed by atoms with Crippen molar-refractivity contribution >= 4 is 25.8 Å². The van der Waals surface area contributed by atoms with Crippen LogP contribution in [-0.2, 0) is 30.4 Å². The predicted octanol–water partition coefficient (Wildman–Crippen LogP) is 2.24. The van der Waals surface area contributed by atoms with E-state index in [-0.39, 0.29) is 16.9 Å². The third-order valence-corrected chi connectivity index (χ3v) is 8.96. The maximum atomic E-state index is 12.7. The molecule has 0 spiro atoms. The molecule has 2 atom stereocenters. The summed E-state index contributed by atoms with van der Waals surface area (Å²) in [5.41, 5.74) is 0.859. The van der Waals surface area contributed by atoms with Crippen LogP contribution in [0.5, 0.6) is 0 Å². The van der Waals surface area contributed by atoms with Crippen LogP contribution in [0.25, 0.3) is 0 Å². The first-order valence-corrected chi connectivity index (χ1v) is 12.9. The minimum absolute atomic E-state index is 0.0106. The highest BCUT2D eigenvalue weighted by molar-refractivity contribution is 7.92. The van der Waals surface area contributed by atoms with E-state index in [0.29, 0.717) is 13.1 Å². The fourth-order valence-corrected chi connectivity index (χ4v) is 5.91. The van der Waals surface area contributed by atoms with Gasteiger partial charge in [0.25, 0.3) is 10.0 Å². The molecule has 1 aromatic carbocycles. The van der Waals surface area contributed by atoms with E-state index in [2.05, 4.69) is 5.32 Å². The molecule has 2 heterocycles. The van der Waals surface area contributed by atoms with Gasteiger partial charge in [0.2, 0.25) is 11.0 Å². The molecule has 1 fully saturated rings. The van der Waals surface area contributed by atoms with Crippen molar-refractivity contribution in [3.05, 3.63) is 53.8 Å². The molecule has 164 valence electrons. The smallest absolute Gasteiger partial charge is 0.276 e. The molecule has 1 saturated heterocycles. The lowest BCUT2D eigenvalue weighted by molar-refractivity contribution is -0.121. The number of nitrogens with zero attached hydrogens (tertiary/aromatic N) is 1. The number of sulfonamides is 1. The van der Waals surface area contributed by atoms with Crippen molar-refractivity contribution in [2.75, 3.05) is 13.1 Å². The van der Waals surface area contributed by atoms with Gasteiger partial charge in [-0.15, -0.1) is 0 Å². The third kappa shape index (κ3) is 4.93. The zero-order valence-electron chi connectivity index (χ0n) is 16.9. The van der Waals surface area contributed by atoms with Crippen molar-refractivity contribution in [2.45, 2.75) is 48.8 Å². The highest BCUT2D eigenvalue weighted by Crippen LogP contribution is 2.24. The van der Waals surface area contributed by atoms with Crippen molar-refractivity contribution < 1.29 is 26.0 Å². The molecule has 2 aromatic rings. The highest BCUT2D eigenvalue weighted by Gasteiger charge is 2.33. The number of nitrogens with one attached hydrogen (secondary N) is 1. The van der Waals surface area contributed by atoms with Gasteiger partial charge in [-0.1, -0.05) is 30.3 Å². The van der Waals surface area contributed by atoms with Gasteiger partial charge in [-0.3, -0.25) is 4.79 Å². The zero-order valence-corrected chi connectivity index (χ0v) is 18.6. The summed E-state index contributed by atoms with van der Waals surface area (Å²) in [6.45, 7) is 3.93. The fraction of sp³-hybridized carbons (Fsp3) is 0.450. The number of amides is 1. The summed E-state index contributed by atoms with van der Waals surface area (Å²) in [6.07, 6.45) is 1.57. The maximum absolute atomic E-state index is 12.7. The van der Waals surface area contributed by atoms with Crippen LogP contribution < -0.4 is 5.32 Å². The van der Waals surface area contributed by atoms with Crippen molar-refractivity contribution in [1.29, 1.82) is 0 Å². The van der Waals surface area contributed by atoms with E-state index >= 15 is 0 Å². The van der Waals surface area contributed by atoms with E-state index in [9.17, 15) is 21.6 Å². The summed E-state index contributed by atoms with van der Waals surface area (Å²) in [7, 11) is -7.67. The Morgan fingerprint density at radius 2 is 1.67 bits per heavy atom. The molecule has 8 nitrogen and oxygen atoms in total. The molecule has 3 rings (SSSR count). The standard InChI is InChI=1S/C20H26N2O6S2/c1-15(17-8-4-3-5-9-17)21-20(23)16(2)29(24,25)14-18-10-11-19(28-18)30(26,27)22-12-6-7-13-22/h3-5,8-11,15-16H,6-7,12-14H2,1-2H3,(H,21,23). The summed E-state index contributed by atoms with van der Waals surface area (Å²) in [6, 6.07) is 11.5. The molecule has 1 N–H and O–H groups in total. The Hall–Kier alpha value is -2.17. The lowest BCUT2D eigenvalue weighted by atomic mass is 10.1. The minimum atomic E-state index is -3.91. The van der Waals surface area contributed by atoms with Crippen molar-refractivity contribution in [2.24, 2.45) is 0 Å². The molecule has 1 aliphatic rings. The molecule has 1 aromatic heterocycles. The Labute approximate surface area is 177 Å². The van der Waals surface area contributed by atoms with Crippen LogP contribution in [0.3, 0.4) is 0 Å². The lowest BCUT2D eigenvalue weighted by Gasteiger charge is -2.18. The first-order chi connectivity index (χ1) is 14.1. The van der Waals surface area contributed by atoms with Crippen molar-refractivity contribution in [3.63, 3.8) is 0 Å². The van der Waals surface area contributed by atoms with E-state index in [1.54, 1.807) is 6.92 Å². The molecule has 10 heteroatoms. The SMILES string of the molecule is CC(NC(=O)C(C)S(=O)(=O)Cc1ccc(S(=O)(=O)N2CCCC2)o1)c1ccccc1. The second-order valence-corrected chi connectivity index (χ2v) is 11.6. The molecule has 0 saturated carbocycles. The van der Waals surface area contributed by atoms with Crippen LogP contribution >= 0.6 is 0 Å². The maximum Gasteiger partial charge on any atom is 0.276 e. The van der Waals surface area contributed by atoms with Gasteiger partial charge in [-0.05, 0) is 44.4 Å². The highest BCUT2D eigenvalue weighted by atomic mass is 32.2. The number of sulfone groups is 1. The number of hydrogen-bond donors (Lipinski definition) is 1. The first kappa shape index (κ1) is 22.5. The van der Waals surface area contributed by atoms with Gasteiger partial charge in [0.1, 0.15) is 16.8 Å². The Morgan fingerprint density at radius 1 is 1.03 bits per heavy atom. The average Bonchev–Trinajstić information content (AvgIpc) is 3.40. The zero-order chi connectivity index (χ0) is 21.9. The second kappa shape index (κ2) is 8.91. The molecule has 2 unspecified atom stereocenters. The summed E-state index contributed by atoms with van der Waals surface area (Å²) in [5.74, 6) is -1.19. The molecule has 30 heavy (non-hydrogen) atoms. The molecule has 0 bridgehead atoms. The van der Waals surface area contributed by atoms with Crippen LogP contribution in [0.4, 0.5) is 0 Å². The Kier molecular flexibility index (Phi) is 6.68. The molecular weight excluding hydrogens is 428 g/mol. The van der Waals surface area contributed by atoms with Crippen LogP contribution in [0, 0.1) is 0 Å². The molecule has 1 amide bonds. The van der Waals surface area contributed by atoms with Crippen LogP contribution in [0.15, 0.2) is 52.0 Å². The van der Waals surface area contributed by atoms with Gasteiger partial charge in [-0.2, -0.15) is 4.31 Å². The van der Waals surface area contributed by atoms with Crippen LogP contribution in [0.1, 0.15) is 44.1 Å². The average molecular weight is 455 g/mol. The summed E-state index contributed by atoms with van der Waals surface area (Å²) < 4.78 is 57.1. The second-order valence-electron chi connectivity index (χ2n) is 7.42. The first-order valence-electron chi connectivity index (χ1n) is 9.77. The Morgan fingerprint density at radius 3 is 2.30 bits per heavy atom. The van der Waals surface area contributed by atoms with Gasteiger partial charge in [0, 0.05) is 13.1 Å². The third-order valence-electron chi connectivity index (χ3n) is 5.21. The topological polar surface area (TPSA) is 114 Å². The number of carbonyl (C=O) groups excluding carboxylic acids is 1. The number of carbonyl (C=O) groups is 1. The van der Waals surface area contributed by atoms with Crippen LogP contribution in [0.2, 0.25) is 0 Å². The number of benzene rings is 1. The van der Waals surface area contributed by atoms with E-state index in [1.165, 1.54) is 23.4 Å². The van der Waals surface area contributed by atoms with Gasteiger partial charge < -0.3 is 9.73 Å². The lowest BCUT2D eigenvalue weighted by Crippen LogP contribution is -2.39. The van der Waals surface area contributed by atoms with Crippen molar-refractivity contribution in [3.8, 4) is 0 Å². The molecule has 1 aliphatic heterocycles. The largest absolute Gasteiger partial charge is 0.447 e. The minimum Gasteiger partial charge on any atom is -0.447 e. The van der Waals surface area contributed by atoms with E-state index in [4.69, 9.17) is 4.42 Å². The quantitative estimate of drug-likeness (QED) is 0.654. The Bertz CT molecular complexity index is 1090. The van der Waals surface area contributed by atoms with Crippen LogP contribution in [-0.4, -0.2) is 45.4 Å². The normalized spacial score (nSPS) is 17.5. The predicted molar refractivity (Wildman–Crippen MR) is 112 cm³/mol. The number of rotatable bonds is 8. The number of hydrogen-bond acceptors (Lipinski definition) is 6. The Balaban J connectivity index is 1.67. The summed E-state index contributed by atoms with van der Waals surface area (Å²) in [5, 5.41) is 1.12. The van der Waals surface area contributed by atoms with Crippen molar-refractivity contribution in [1.82, 2.24) is 9.62 Å². The monoisotopic (exact) mass is 454 g/mol. The number of furan rings is 1. The van der Waals surface area contributed by atoms with E-state index in [1.807, 2.05) is 30.3 Å². The van der Waals surface area contributed by atoms with Gasteiger partial charge in [0.05, 0.1) is 6.04 Å². The van der Waals surface area contributed by atoms with Gasteiger partial charge in [-0.25, -0.2) is 16.8 Å². The van der Waals surface area contributed by atoms with Gasteiger partial charge in [0.15, 0.2) is 9.84 Å². The molecule has 0 aliphatic carbocycles. The summed E-state index contributed by atoms with van der Waals surface area (Å²) >= 11 is 0. The van der Waals surface area contributed by atoms with E-state index < -0.39 is 36.8 Å². The van der Waals surface area contributed by atoms with Gasteiger partial charge >= 0.3 is 0 Å². The van der Waals surface area contributed by atoms with E-state index in [0.717, 1.165) is 18.4 Å². The summed E-state index contributed by atoms with van der Waals surface area (Å²) in [4.78, 5) is 12.5. The molecular formula is C20H26N2O6S2. The fourth-order valence-electron chi connectivity index (χ4n) is 3.27.